The van der Waals surface area contributed by atoms with E-state index >= 15 is 0 Å². The van der Waals surface area contributed by atoms with E-state index in [0.29, 0.717) is 0 Å². The molecule has 0 aliphatic rings. The van der Waals surface area contributed by atoms with Crippen LogP contribution in [0.2, 0.25) is 0 Å². The topological polar surface area (TPSA) is 51.6 Å². The van der Waals surface area contributed by atoms with Crippen molar-refractivity contribution >= 4 is 21.8 Å². The number of rotatable bonds is 2. The van der Waals surface area contributed by atoms with Gasteiger partial charge >= 0.3 is 0 Å². The molecule has 0 spiro atoms. The number of aromatic nitrogens is 4. The van der Waals surface area contributed by atoms with E-state index in [9.17, 15) is 0 Å². The molecule has 3 aromatic heterocycles. The van der Waals surface area contributed by atoms with Gasteiger partial charge in [-0.3, -0.25) is 19.9 Å². The molecule has 0 aliphatic heterocycles. The summed E-state index contributed by atoms with van der Waals surface area (Å²) in [5, 5.41) is 2.13. The molecule has 4 heteroatoms. The minimum absolute atomic E-state index is 0.849. The summed E-state index contributed by atoms with van der Waals surface area (Å²) < 4.78 is 0. The quantitative estimate of drug-likeness (QED) is 0.460. The molecule has 0 bridgehead atoms. The van der Waals surface area contributed by atoms with Crippen LogP contribution >= 0.6 is 0 Å². The van der Waals surface area contributed by atoms with Gasteiger partial charge in [0, 0.05) is 46.7 Å². The Kier molecular flexibility index (Phi) is 3.39. The van der Waals surface area contributed by atoms with Crippen LogP contribution in [0.1, 0.15) is 0 Å². The zero-order valence-electron chi connectivity index (χ0n) is 13.9. The number of fused-ring (bicyclic) bond motifs is 2. The minimum Gasteiger partial charge on any atom is -0.256 e. The first-order valence-corrected chi connectivity index (χ1v) is 8.41. The largest absolute Gasteiger partial charge is 0.256 e. The second-order valence-corrected chi connectivity index (χ2v) is 6.00. The summed E-state index contributed by atoms with van der Waals surface area (Å²) in [5.41, 5.74) is 5.64. The second kappa shape index (κ2) is 6.01. The molecule has 0 saturated heterocycles. The zero-order valence-corrected chi connectivity index (χ0v) is 13.9. The number of benzene rings is 2. The van der Waals surface area contributed by atoms with Crippen molar-refractivity contribution in [3.8, 4) is 22.5 Å². The summed E-state index contributed by atoms with van der Waals surface area (Å²) in [4.78, 5) is 18.3. The molecule has 0 aliphatic carbocycles. The fourth-order valence-corrected chi connectivity index (χ4v) is 3.34. The maximum atomic E-state index is 4.67. The Morgan fingerprint density at radius 1 is 0.423 bits per heavy atom. The molecule has 5 aromatic rings. The van der Waals surface area contributed by atoms with Crippen molar-refractivity contribution in [2.24, 2.45) is 0 Å². The van der Waals surface area contributed by atoms with Crippen LogP contribution in [0.15, 0.2) is 85.5 Å². The average Bonchev–Trinajstić information content (AvgIpc) is 2.73. The number of para-hydroxylation sites is 2. The number of pyridine rings is 2. The first-order chi connectivity index (χ1) is 12.9. The Labute approximate surface area is 150 Å². The van der Waals surface area contributed by atoms with Gasteiger partial charge in [-0.05, 0) is 24.3 Å². The minimum atomic E-state index is 0.849. The molecule has 2 aromatic carbocycles. The van der Waals surface area contributed by atoms with Gasteiger partial charge in [-0.25, -0.2) is 0 Å². The van der Waals surface area contributed by atoms with Gasteiger partial charge in [-0.2, -0.15) is 0 Å². The smallest absolute Gasteiger partial charge is 0.0972 e. The molecule has 0 radical (unpaired) electrons. The van der Waals surface area contributed by atoms with Crippen LogP contribution in [0.5, 0.6) is 0 Å². The lowest BCUT2D eigenvalue weighted by molar-refractivity contribution is 1.21. The summed E-state index contributed by atoms with van der Waals surface area (Å²) in [6.45, 7) is 0. The highest BCUT2D eigenvalue weighted by Gasteiger charge is 2.15. The van der Waals surface area contributed by atoms with Crippen LogP contribution in [0.25, 0.3) is 44.3 Å². The Hall–Kier alpha value is -3.66. The standard InChI is InChI=1S/C22H14N4/c1-3-7-19-15(5-1)17(9-11-23-19)21-22(26-14-13-25-21)18-10-12-24-20-8-4-2-6-16(18)20/h1-14H. The zero-order chi connectivity index (χ0) is 17.3. The maximum Gasteiger partial charge on any atom is 0.0972 e. The van der Waals surface area contributed by atoms with Crippen molar-refractivity contribution in [3.63, 3.8) is 0 Å². The lowest BCUT2D eigenvalue weighted by atomic mass is 9.99. The third-order valence-corrected chi connectivity index (χ3v) is 4.51. The Balaban J connectivity index is 1.83. The fraction of sp³-hybridized carbons (Fsp3) is 0. The number of hydrogen-bond donors (Lipinski definition) is 0. The van der Waals surface area contributed by atoms with Crippen LogP contribution in [0.4, 0.5) is 0 Å². The summed E-state index contributed by atoms with van der Waals surface area (Å²) in [6, 6.07) is 20.2. The van der Waals surface area contributed by atoms with E-state index in [4.69, 9.17) is 0 Å². The van der Waals surface area contributed by atoms with Gasteiger partial charge in [0.2, 0.25) is 0 Å². The van der Waals surface area contributed by atoms with Crippen LogP contribution in [0, 0.1) is 0 Å². The van der Waals surface area contributed by atoms with Gasteiger partial charge in [0.15, 0.2) is 0 Å². The van der Waals surface area contributed by atoms with E-state index in [1.54, 1.807) is 12.4 Å². The lowest BCUT2D eigenvalue weighted by Gasteiger charge is -2.11. The van der Waals surface area contributed by atoms with Crippen LogP contribution < -0.4 is 0 Å². The average molecular weight is 334 g/mol. The van der Waals surface area contributed by atoms with Gasteiger partial charge in [0.1, 0.15) is 0 Å². The number of nitrogens with zero attached hydrogens (tertiary/aromatic N) is 4. The van der Waals surface area contributed by atoms with Crippen LogP contribution in [-0.4, -0.2) is 19.9 Å². The number of hydrogen-bond acceptors (Lipinski definition) is 4. The van der Waals surface area contributed by atoms with Crippen molar-refractivity contribution in [2.45, 2.75) is 0 Å². The molecule has 5 rings (SSSR count). The predicted molar refractivity (Wildman–Crippen MR) is 104 cm³/mol. The molecule has 4 nitrogen and oxygen atoms in total. The van der Waals surface area contributed by atoms with Gasteiger partial charge in [0.05, 0.1) is 22.4 Å². The third-order valence-electron chi connectivity index (χ3n) is 4.51. The van der Waals surface area contributed by atoms with Crippen LogP contribution in [-0.2, 0) is 0 Å². The summed E-state index contributed by atoms with van der Waals surface area (Å²) in [7, 11) is 0. The molecule has 0 fully saturated rings. The predicted octanol–water partition coefficient (Wildman–Crippen LogP) is 4.91. The van der Waals surface area contributed by atoms with Gasteiger partial charge < -0.3 is 0 Å². The van der Waals surface area contributed by atoms with E-state index in [1.807, 2.05) is 60.9 Å². The molecule has 0 N–H and O–H groups in total. The van der Waals surface area contributed by atoms with Crippen molar-refractivity contribution in [2.75, 3.05) is 0 Å². The molecule has 3 heterocycles. The highest BCUT2D eigenvalue weighted by Crippen LogP contribution is 2.35. The van der Waals surface area contributed by atoms with E-state index in [0.717, 1.165) is 44.3 Å². The molecule has 26 heavy (non-hydrogen) atoms. The SMILES string of the molecule is c1ccc2c(-c3nccnc3-c3ccnc4ccccc34)ccnc2c1. The van der Waals surface area contributed by atoms with Gasteiger partial charge in [0.25, 0.3) is 0 Å². The van der Waals surface area contributed by atoms with Gasteiger partial charge in [-0.15, -0.1) is 0 Å². The fourth-order valence-electron chi connectivity index (χ4n) is 3.34. The van der Waals surface area contributed by atoms with E-state index in [1.165, 1.54) is 0 Å². The lowest BCUT2D eigenvalue weighted by Crippen LogP contribution is -1.95. The summed E-state index contributed by atoms with van der Waals surface area (Å²) >= 11 is 0. The third kappa shape index (κ3) is 2.31. The van der Waals surface area contributed by atoms with Crippen LogP contribution in [0.3, 0.4) is 0 Å². The van der Waals surface area contributed by atoms with Crippen molar-refractivity contribution in [1.29, 1.82) is 0 Å². The second-order valence-electron chi connectivity index (χ2n) is 6.00. The van der Waals surface area contributed by atoms with Crippen molar-refractivity contribution in [1.82, 2.24) is 19.9 Å². The molecule has 0 saturated carbocycles. The molecule has 122 valence electrons. The monoisotopic (exact) mass is 334 g/mol. The molecular weight excluding hydrogens is 320 g/mol. The first kappa shape index (κ1) is 14.7. The van der Waals surface area contributed by atoms with E-state index in [-0.39, 0.29) is 0 Å². The van der Waals surface area contributed by atoms with Crippen molar-refractivity contribution in [3.05, 3.63) is 85.5 Å². The highest BCUT2D eigenvalue weighted by atomic mass is 14.8. The van der Waals surface area contributed by atoms with Gasteiger partial charge in [-0.1, -0.05) is 36.4 Å². The highest BCUT2D eigenvalue weighted by molar-refractivity contribution is 6.01. The summed E-state index contributed by atoms with van der Waals surface area (Å²) in [5.74, 6) is 0. The molecular formula is C22H14N4. The molecule has 0 unspecified atom stereocenters. The van der Waals surface area contributed by atoms with Crippen molar-refractivity contribution < 1.29 is 0 Å². The molecule has 0 amide bonds. The Bertz CT molecular complexity index is 1140. The normalized spacial score (nSPS) is 11.1. The first-order valence-electron chi connectivity index (χ1n) is 8.41. The maximum absolute atomic E-state index is 4.67. The Morgan fingerprint density at radius 3 is 1.38 bits per heavy atom. The van der Waals surface area contributed by atoms with E-state index < -0.39 is 0 Å². The summed E-state index contributed by atoms with van der Waals surface area (Å²) in [6.07, 6.45) is 7.11. The van der Waals surface area contributed by atoms with E-state index in [2.05, 4.69) is 32.1 Å². The molecule has 0 atom stereocenters. The Morgan fingerprint density at radius 2 is 0.885 bits per heavy atom.